The van der Waals surface area contributed by atoms with Crippen molar-refractivity contribution in [2.75, 3.05) is 11.9 Å². The van der Waals surface area contributed by atoms with Crippen LogP contribution < -0.4 is 15.4 Å². The van der Waals surface area contributed by atoms with E-state index in [9.17, 15) is 18.0 Å². The highest BCUT2D eigenvalue weighted by Crippen LogP contribution is 2.18. The number of benzene rings is 2. The Kier molecular flexibility index (Phi) is 7.39. The van der Waals surface area contributed by atoms with Gasteiger partial charge >= 0.3 is 0 Å². The van der Waals surface area contributed by atoms with Crippen molar-refractivity contribution >= 4 is 27.5 Å². The lowest BCUT2D eigenvalue weighted by Crippen LogP contribution is -2.42. The van der Waals surface area contributed by atoms with Crippen molar-refractivity contribution in [3.05, 3.63) is 59.2 Å². The Morgan fingerprint density at radius 2 is 1.60 bits per heavy atom. The van der Waals surface area contributed by atoms with E-state index in [1.165, 1.54) is 12.1 Å². The van der Waals surface area contributed by atoms with E-state index in [1.54, 1.807) is 44.2 Å². The molecular formula is C22H29N3O4S. The summed E-state index contributed by atoms with van der Waals surface area (Å²) < 4.78 is 26.8. The van der Waals surface area contributed by atoms with Gasteiger partial charge in [-0.2, -0.15) is 0 Å². The first-order valence-electron chi connectivity index (χ1n) is 9.83. The Morgan fingerprint density at radius 3 is 2.17 bits per heavy atom. The molecule has 0 saturated heterocycles. The van der Waals surface area contributed by atoms with Gasteiger partial charge in [0.1, 0.15) is 0 Å². The van der Waals surface area contributed by atoms with E-state index >= 15 is 0 Å². The highest BCUT2D eigenvalue weighted by molar-refractivity contribution is 7.89. The fourth-order valence-electron chi connectivity index (χ4n) is 2.66. The third-order valence-electron chi connectivity index (χ3n) is 4.84. The molecule has 2 amide bonds. The van der Waals surface area contributed by atoms with Crippen LogP contribution in [0.3, 0.4) is 0 Å². The monoisotopic (exact) mass is 431 g/mol. The highest BCUT2D eigenvalue weighted by Gasteiger charge is 2.20. The lowest BCUT2D eigenvalue weighted by atomic mass is 10.0. The first kappa shape index (κ1) is 23.6. The maximum Gasteiger partial charge on any atom is 0.255 e. The van der Waals surface area contributed by atoms with Gasteiger partial charge in [0.2, 0.25) is 10.0 Å². The van der Waals surface area contributed by atoms with Crippen LogP contribution in [0.25, 0.3) is 0 Å². The number of rotatable bonds is 8. The standard InChI is InChI=1S/C22H29N3O4S/c1-6-22(4,5)25-20(26)16-9-11-17(12-10-16)24-21(27)19-14-18(13-8-15(19)3)30(28,29)23-7-2/h8-14,23H,6-7H2,1-5H3,(H,24,27)(H,25,26). The highest BCUT2D eigenvalue weighted by atomic mass is 32.2. The van der Waals surface area contributed by atoms with Crippen LogP contribution >= 0.6 is 0 Å². The van der Waals surface area contributed by atoms with Crippen molar-refractivity contribution in [3.8, 4) is 0 Å². The van der Waals surface area contributed by atoms with Crippen LogP contribution in [0, 0.1) is 6.92 Å². The lowest BCUT2D eigenvalue weighted by molar-refractivity contribution is 0.0910. The predicted molar refractivity (Wildman–Crippen MR) is 118 cm³/mol. The molecule has 2 rings (SSSR count). The SMILES string of the molecule is CCNS(=O)(=O)c1ccc(C)c(C(=O)Nc2ccc(C(=O)NC(C)(C)CC)cc2)c1. The van der Waals surface area contributed by atoms with Crippen LogP contribution in [0.4, 0.5) is 5.69 Å². The number of carbonyl (C=O) groups is 2. The summed E-state index contributed by atoms with van der Waals surface area (Å²) in [5.41, 5.74) is 1.61. The van der Waals surface area contributed by atoms with Gasteiger partial charge in [0, 0.05) is 28.9 Å². The van der Waals surface area contributed by atoms with E-state index in [-0.39, 0.29) is 28.4 Å². The zero-order chi connectivity index (χ0) is 22.5. The zero-order valence-corrected chi connectivity index (χ0v) is 18.8. The topological polar surface area (TPSA) is 104 Å². The summed E-state index contributed by atoms with van der Waals surface area (Å²) in [5.74, 6) is -0.609. The third kappa shape index (κ3) is 5.90. The van der Waals surface area contributed by atoms with Crippen LogP contribution in [0.1, 0.15) is 60.4 Å². The predicted octanol–water partition coefficient (Wildman–Crippen LogP) is 3.46. The molecular weight excluding hydrogens is 402 g/mol. The molecule has 30 heavy (non-hydrogen) atoms. The van der Waals surface area contributed by atoms with E-state index in [2.05, 4.69) is 15.4 Å². The summed E-state index contributed by atoms with van der Waals surface area (Å²) in [4.78, 5) is 25.1. The minimum atomic E-state index is -3.66. The van der Waals surface area contributed by atoms with Gasteiger partial charge in [0.15, 0.2) is 0 Å². The maximum absolute atomic E-state index is 12.7. The Bertz CT molecular complexity index is 1030. The van der Waals surface area contributed by atoms with Crippen molar-refractivity contribution in [2.24, 2.45) is 0 Å². The molecule has 0 aliphatic rings. The summed E-state index contributed by atoms with van der Waals surface area (Å²) >= 11 is 0. The third-order valence-corrected chi connectivity index (χ3v) is 6.38. The van der Waals surface area contributed by atoms with E-state index in [0.29, 0.717) is 16.8 Å². The van der Waals surface area contributed by atoms with Gasteiger partial charge in [0.05, 0.1) is 4.90 Å². The second kappa shape index (κ2) is 9.40. The zero-order valence-electron chi connectivity index (χ0n) is 18.0. The quantitative estimate of drug-likeness (QED) is 0.595. The van der Waals surface area contributed by atoms with Crippen molar-refractivity contribution in [3.63, 3.8) is 0 Å². The largest absolute Gasteiger partial charge is 0.347 e. The molecule has 0 saturated carbocycles. The molecule has 0 atom stereocenters. The van der Waals surface area contributed by atoms with Crippen LogP contribution in [0.2, 0.25) is 0 Å². The first-order valence-corrected chi connectivity index (χ1v) is 11.3. The molecule has 0 bridgehead atoms. The van der Waals surface area contributed by atoms with Gasteiger partial charge in [-0.15, -0.1) is 0 Å². The number of hydrogen-bond donors (Lipinski definition) is 3. The number of aryl methyl sites for hydroxylation is 1. The number of nitrogens with one attached hydrogen (secondary N) is 3. The van der Waals surface area contributed by atoms with Gasteiger partial charge in [-0.1, -0.05) is 19.9 Å². The molecule has 0 radical (unpaired) electrons. The summed E-state index contributed by atoms with van der Waals surface area (Å²) in [6.07, 6.45) is 0.800. The fourth-order valence-corrected chi connectivity index (χ4v) is 3.72. The van der Waals surface area contributed by atoms with Crippen LogP contribution in [-0.4, -0.2) is 32.3 Å². The van der Waals surface area contributed by atoms with E-state index in [4.69, 9.17) is 0 Å². The molecule has 0 aromatic heterocycles. The molecule has 162 valence electrons. The maximum atomic E-state index is 12.7. The number of carbonyl (C=O) groups excluding carboxylic acids is 2. The minimum Gasteiger partial charge on any atom is -0.347 e. The smallest absolute Gasteiger partial charge is 0.255 e. The number of amides is 2. The van der Waals surface area contributed by atoms with E-state index < -0.39 is 15.9 Å². The minimum absolute atomic E-state index is 0.0330. The molecule has 2 aromatic carbocycles. The van der Waals surface area contributed by atoms with Crippen molar-refractivity contribution in [2.45, 2.75) is 51.5 Å². The van der Waals surface area contributed by atoms with Crippen LogP contribution in [0.5, 0.6) is 0 Å². The molecule has 3 N–H and O–H groups in total. The second-order valence-corrected chi connectivity index (χ2v) is 9.47. The van der Waals surface area contributed by atoms with E-state index in [1.807, 2.05) is 20.8 Å². The summed E-state index contributed by atoms with van der Waals surface area (Å²) in [6.45, 7) is 9.58. The Morgan fingerprint density at radius 1 is 0.967 bits per heavy atom. The van der Waals surface area contributed by atoms with Gasteiger partial charge < -0.3 is 10.6 Å². The number of sulfonamides is 1. The normalized spacial score (nSPS) is 11.8. The molecule has 0 aliphatic carbocycles. The average Bonchev–Trinajstić information content (AvgIpc) is 2.68. The van der Waals surface area contributed by atoms with Crippen molar-refractivity contribution in [1.29, 1.82) is 0 Å². The summed E-state index contributed by atoms with van der Waals surface area (Å²) in [7, 11) is -3.66. The Labute approximate surface area is 178 Å². The lowest BCUT2D eigenvalue weighted by Gasteiger charge is -2.24. The molecule has 0 fully saturated rings. The van der Waals surface area contributed by atoms with Gasteiger partial charge in [-0.25, -0.2) is 13.1 Å². The molecule has 7 nitrogen and oxygen atoms in total. The molecule has 0 heterocycles. The van der Waals surface area contributed by atoms with Crippen LogP contribution in [-0.2, 0) is 10.0 Å². The molecule has 0 unspecified atom stereocenters. The molecule has 0 aliphatic heterocycles. The van der Waals surface area contributed by atoms with Crippen molar-refractivity contribution in [1.82, 2.24) is 10.0 Å². The average molecular weight is 432 g/mol. The molecule has 0 spiro atoms. The fraction of sp³-hybridized carbons (Fsp3) is 0.364. The first-order chi connectivity index (χ1) is 14.0. The molecule has 8 heteroatoms. The number of hydrogen-bond acceptors (Lipinski definition) is 4. The summed E-state index contributed by atoms with van der Waals surface area (Å²) in [5, 5.41) is 5.71. The Hall–Kier alpha value is -2.71. The van der Waals surface area contributed by atoms with Crippen molar-refractivity contribution < 1.29 is 18.0 Å². The number of anilines is 1. The van der Waals surface area contributed by atoms with Gasteiger partial charge in [-0.3, -0.25) is 9.59 Å². The van der Waals surface area contributed by atoms with E-state index in [0.717, 1.165) is 6.42 Å². The second-order valence-electron chi connectivity index (χ2n) is 7.70. The molecule has 2 aromatic rings. The Balaban J connectivity index is 2.18. The van der Waals surface area contributed by atoms with Crippen LogP contribution in [0.15, 0.2) is 47.4 Å². The summed E-state index contributed by atoms with van der Waals surface area (Å²) in [6, 6.07) is 11.0. The van der Waals surface area contributed by atoms with Gasteiger partial charge in [-0.05, 0) is 69.2 Å². The van der Waals surface area contributed by atoms with Gasteiger partial charge in [0.25, 0.3) is 11.8 Å².